The van der Waals surface area contributed by atoms with Crippen LogP contribution in [-0.4, -0.2) is 11.0 Å². The van der Waals surface area contributed by atoms with Crippen LogP contribution in [0.2, 0.25) is 0 Å². The minimum atomic E-state index is 0.245. The summed E-state index contributed by atoms with van der Waals surface area (Å²) in [5, 5.41) is 0. The van der Waals surface area contributed by atoms with E-state index in [0.717, 1.165) is 18.5 Å². The number of nitrogens with zero attached hydrogens (tertiary/aromatic N) is 1. The number of aromatic nitrogens is 1. The zero-order valence-electron chi connectivity index (χ0n) is 8.40. The van der Waals surface area contributed by atoms with Crippen molar-refractivity contribution in [1.29, 1.82) is 0 Å². The van der Waals surface area contributed by atoms with Crippen LogP contribution in [0.25, 0.3) is 0 Å². The van der Waals surface area contributed by atoms with Gasteiger partial charge in [-0.1, -0.05) is 19.9 Å². The van der Waals surface area contributed by atoms with Crippen molar-refractivity contribution in [1.82, 2.24) is 4.98 Å². The van der Waals surface area contributed by atoms with Gasteiger partial charge in [-0.25, -0.2) is 0 Å². The van der Waals surface area contributed by atoms with Gasteiger partial charge in [0.15, 0.2) is 0 Å². The highest BCUT2D eigenvalue weighted by atomic mass is 14.7. The third kappa shape index (κ3) is 4.04. The third-order valence-corrected chi connectivity index (χ3v) is 1.97. The van der Waals surface area contributed by atoms with Gasteiger partial charge in [-0.15, -0.1) is 0 Å². The van der Waals surface area contributed by atoms with Gasteiger partial charge < -0.3 is 5.73 Å². The fraction of sp³-hybridized carbons (Fsp3) is 0.545. The Hall–Kier alpha value is -0.890. The lowest BCUT2D eigenvalue weighted by Crippen LogP contribution is -2.25. The summed E-state index contributed by atoms with van der Waals surface area (Å²) < 4.78 is 0. The van der Waals surface area contributed by atoms with Crippen molar-refractivity contribution < 1.29 is 0 Å². The molecule has 0 fully saturated rings. The third-order valence-electron chi connectivity index (χ3n) is 1.97. The van der Waals surface area contributed by atoms with Crippen molar-refractivity contribution in [2.45, 2.75) is 32.7 Å². The van der Waals surface area contributed by atoms with Crippen LogP contribution in [0, 0.1) is 5.92 Å². The predicted molar refractivity (Wildman–Crippen MR) is 55.4 cm³/mol. The Labute approximate surface area is 80.2 Å². The Morgan fingerprint density at radius 2 is 2.15 bits per heavy atom. The van der Waals surface area contributed by atoms with E-state index in [0.29, 0.717) is 5.92 Å². The molecule has 13 heavy (non-hydrogen) atoms. The Kier molecular flexibility index (Phi) is 3.90. The maximum atomic E-state index is 5.97. The Balaban J connectivity index is 2.41. The molecule has 1 aromatic heterocycles. The van der Waals surface area contributed by atoms with E-state index >= 15 is 0 Å². The lowest BCUT2D eigenvalue weighted by atomic mass is 10.0. The van der Waals surface area contributed by atoms with Crippen LogP contribution in [0.15, 0.2) is 24.4 Å². The van der Waals surface area contributed by atoms with Gasteiger partial charge in [-0.05, 0) is 24.5 Å². The van der Waals surface area contributed by atoms with Gasteiger partial charge in [0.25, 0.3) is 0 Å². The first kappa shape index (κ1) is 10.2. The fourth-order valence-corrected chi connectivity index (χ4v) is 1.48. The van der Waals surface area contributed by atoms with E-state index in [1.165, 1.54) is 0 Å². The van der Waals surface area contributed by atoms with E-state index in [2.05, 4.69) is 18.8 Å². The summed E-state index contributed by atoms with van der Waals surface area (Å²) in [5.41, 5.74) is 7.06. The second kappa shape index (κ2) is 4.97. The van der Waals surface area contributed by atoms with Crippen molar-refractivity contribution >= 4 is 0 Å². The summed E-state index contributed by atoms with van der Waals surface area (Å²) in [6.45, 7) is 4.39. The van der Waals surface area contributed by atoms with Crippen LogP contribution in [-0.2, 0) is 6.42 Å². The highest BCUT2D eigenvalue weighted by Crippen LogP contribution is 2.06. The molecule has 0 spiro atoms. The van der Waals surface area contributed by atoms with Gasteiger partial charge in [0.2, 0.25) is 0 Å². The minimum absolute atomic E-state index is 0.245. The molecular formula is C11H18N2. The van der Waals surface area contributed by atoms with Crippen molar-refractivity contribution in [3.63, 3.8) is 0 Å². The Bertz CT molecular complexity index is 231. The first-order valence-electron chi connectivity index (χ1n) is 4.84. The van der Waals surface area contributed by atoms with Crippen LogP contribution in [0.1, 0.15) is 26.0 Å². The molecule has 0 bridgehead atoms. The Morgan fingerprint density at radius 3 is 2.69 bits per heavy atom. The first-order valence-corrected chi connectivity index (χ1v) is 4.84. The van der Waals surface area contributed by atoms with Gasteiger partial charge in [-0.2, -0.15) is 0 Å². The quantitative estimate of drug-likeness (QED) is 0.766. The van der Waals surface area contributed by atoms with Crippen molar-refractivity contribution in [3.8, 4) is 0 Å². The highest BCUT2D eigenvalue weighted by molar-refractivity contribution is 5.04. The standard InChI is InChI=1S/C11H18N2/c1-9(2)7-10(12)8-11-5-3-4-6-13-11/h3-6,9-10H,7-8,12H2,1-2H3/t10-/m1/s1. The molecule has 1 rings (SSSR count). The van der Waals surface area contributed by atoms with Crippen LogP contribution >= 0.6 is 0 Å². The van der Waals surface area contributed by atoms with Gasteiger partial charge in [0.05, 0.1) is 0 Å². The van der Waals surface area contributed by atoms with E-state index in [4.69, 9.17) is 5.73 Å². The lowest BCUT2D eigenvalue weighted by Gasteiger charge is -2.12. The molecule has 0 aromatic carbocycles. The molecule has 1 aromatic rings. The summed E-state index contributed by atoms with van der Waals surface area (Å²) >= 11 is 0. The van der Waals surface area contributed by atoms with Crippen molar-refractivity contribution in [3.05, 3.63) is 30.1 Å². The number of pyridine rings is 1. The van der Waals surface area contributed by atoms with Gasteiger partial charge in [-0.3, -0.25) is 4.98 Å². The lowest BCUT2D eigenvalue weighted by molar-refractivity contribution is 0.490. The average molecular weight is 178 g/mol. The summed E-state index contributed by atoms with van der Waals surface area (Å²) in [6.07, 6.45) is 3.77. The van der Waals surface area contributed by atoms with E-state index < -0.39 is 0 Å². The zero-order valence-corrected chi connectivity index (χ0v) is 8.40. The SMILES string of the molecule is CC(C)C[C@@H](N)Cc1ccccn1. The molecule has 1 atom stereocenters. The molecule has 0 aliphatic heterocycles. The summed E-state index contributed by atoms with van der Waals surface area (Å²) in [5.74, 6) is 0.665. The second-order valence-corrected chi connectivity index (χ2v) is 3.91. The zero-order chi connectivity index (χ0) is 9.68. The molecule has 0 saturated heterocycles. The van der Waals surface area contributed by atoms with Gasteiger partial charge >= 0.3 is 0 Å². The predicted octanol–water partition coefficient (Wildman–Crippen LogP) is 2.00. The molecule has 2 N–H and O–H groups in total. The number of hydrogen-bond acceptors (Lipinski definition) is 2. The van der Waals surface area contributed by atoms with E-state index in [9.17, 15) is 0 Å². The minimum Gasteiger partial charge on any atom is -0.327 e. The monoisotopic (exact) mass is 178 g/mol. The Morgan fingerprint density at radius 1 is 1.38 bits per heavy atom. The fourth-order valence-electron chi connectivity index (χ4n) is 1.48. The summed E-state index contributed by atoms with van der Waals surface area (Å²) in [7, 11) is 0. The molecular weight excluding hydrogens is 160 g/mol. The molecule has 0 unspecified atom stereocenters. The largest absolute Gasteiger partial charge is 0.327 e. The van der Waals surface area contributed by atoms with E-state index in [-0.39, 0.29) is 6.04 Å². The normalized spacial score (nSPS) is 13.2. The second-order valence-electron chi connectivity index (χ2n) is 3.91. The molecule has 2 nitrogen and oxygen atoms in total. The highest BCUT2D eigenvalue weighted by Gasteiger charge is 2.06. The topological polar surface area (TPSA) is 38.9 Å². The maximum Gasteiger partial charge on any atom is 0.0419 e. The molecule has 1 heterocycles. The summed E-state index contributed by atoms with van der Waals surface area (Å²) in [4.78, 5) is 4.25. The summed E-state index contributed by atoms with van der Waals surface area (Å²) in [6, 6.07) is 6.21. The molecule has 0 aliphatic rings. The smallest absolute Gasteiger partial charge is 0.0419 e. The number of hydrogen-bond donors (Lipinski definition) is 1. The average Bonchev–Trinajstić information content (AvgIpc) is 2.04. The van der Waals surface area contributed by atoms with Crippen LogP contribution < -0.4 is 5.73 Å². The van der Waals surface area contributed by atoms with Crippen LogP contribution in [0.4, 0.5) is 0 Å². The molecule has 0 saturated carbocycles. The molecule has 0 aliphatic carbocycles. The van der Waals surface area contributed by atoms with Crippen molar-refractivity contribution in [2.75, 3.05) is 0 Å². The molecule has 0 radical (unpaired) electrons. The van der Waals surface area contributed by atoms with E-state index in [1.54, 1.807) is 0 Å². The first-order chi connectivity index (χ1) is 6.18. The molecule has 2 heteroatoms. The number of rotatable bonds is 4. The van der Waals surface area contributed by atoms with Crippen LogP contribution in [0.5, 0.6) is 0 Å². The molecule has 72 valence electrons. The molecule has 0 amide bonds. The van der Waals surface area contributed by atoms with Crippen LogP contribution in [0.3, 0.4) is 0 Å². The van der Waals surface area contributed by atoms with E-state index in [1.807, 2.05) is 24.4 Å². The van der Waals surface area contributed by atoms with Gasteiger partial charge in [0.1, 0.15) is 0 Å². The number of nitrogens with two attached hydrogens (primary N) is 1. The van der Waals surface area contributed by atoms with Gasteiger partial charge in [0, 0.05) is 24.4 Å². The van der Waals surface area contributed by atoms with Crippen molar-refractivity contribution in [2.24, 2.45) is 11.7 Å². The maximum absolute atomic E-state index is 5.97.